The largest absolute Gasteiger partial charge is 0.480 e. The topological polar surface area (TPSA) is 77.9 Å². The van der Waals surface area contributed by atoms with Crippen molar-refractivity contribution in [2.45, 2.75) is 31.8 Å². The number of carbonyl (C=O) groups is 3. The van der Waals surface area contributed by atoms with Crippen molar-refractivity contribution in [2.75, 3.05) is 11.4 Å². The molecule has 2 aliphatic heterocycles. The molecular weight excluding hydrogens is 344 g/mol. The highest BCUT2D eigenvalue weighted by molar-refractivity contribution is 5.99. The first-order valence-corrected chi connectivity index (χ1v) is 9.05. The van der Waals surface area contributed by atoms with Crippen LogP contribution in [0.2, 0.25) is 0 Å². The van der Waals surface area contributed by atoms with Crippen molar-refractivity contribution in [1.29, 1.82) is 0 Å². The summed E-state index contributed by atoms with van der Waals surface area (Å²) in [7, 11) is 0. The molecule has 6 heteroatoms. The van der Waals surface area contributed by atoms with E-state index in [1.165, 1.54) is 4.90 Å². The van der Waals surface area contributed by atoms with Crippen molar-refractivity contribution in [3.63, 3.8) is 0 Å². The summed E-state index contributed by atoms with van der Waals surface area (Å²) in [5, 5.41) is 9.61. The minimum Gasteiger partial charge on any atom is -0.480 e. The normalized spacial score (nSPS) is 19.1. The van der Waals surface area contributed by atoms with Gasteiger partial charge in [0.25, 0.3) is 5.91 Å². The lowest BCUT2D eigenvalue weighted by Gasteiger charge is -2.34. The first-order chi connectivity index (χ1) is 13.0. The number of hydrogen-bond acceptors (Lipinski definition) is 3. The summed E-state index contributed by atoms with van der Waals surface area (Å²) in [6.45, 7) is 0.967. The summed E-state index contributed by atoms with van der Waals surface area (Å²) in [4.78, 5) is 39.7. The third-order valence-electron chi connectivity index (χ3n) is 5.29. The number of amides is 2. The molecule has 1 atom stereocenters. The molecule has 27 heavy (non-hydrogen) atoms. The van der Waals surface area contributed by atoms with E-state index in [0.29, 0.717) is 24.9 Å². The standard InChI is InChI=1S/C21H20N2O4/c24-19-6-3-11-22(19)17-9-7-14(8-10-17)20(25)23-13-16-5-2-1-4-15(16)12-18(23)21(26)27/h1-2,4-5,7-10,18H,3,6,11-13H2,(H,26,27). The second-order valence-electron chi connectivity index (χ2n) is 6.96. The second-order valence-corrected chi connectivity index (χ2v) is 6.96. The van der Waals surface area contributed by atoms with Crippen LogP contribution >= 0.6 is 0 Å². The Morgan fingerprint density at radius 3 is 2.33 bits per heavy atom. The van der Waals surface area contributed by atoms with Crippen LogP contribution in [0.4, 0.5) is 5.69 Å². The highest BCUT2D eigenvalue weighted by Crippen LogP contribution is 2.27. The number of nitrogens with zero attached hydrogens (tertiary/aromatic N) is 2. The Morgan fingerprint density at radius 2 is 1.70 bits per heavy atom. The van der Waals surface area contributed by atoms with Gasteiger partial charge in [-0.05, 0) is 41.8 Å². The van der Waals surface area contributed by atoms with Crippen LogP contribution in [-0.2, 0) is 22.6 Å². The minimum atomic E-state index is -1.00. The first kappa shape index (κ1) is 17.3. The van der Waals surface area contributed by atoms with Gasteiger partial charge in [-0.25, -0.2) is 4.79 Å². The van der Waals surface area contributed by atoms with E-state index in [1.54, 1.807) is 29.2 Å². The van der Waals surface area contributed by atoms with Crippen molar-refractivity contribution in [3.8, 4) is 0 Å². The molecule has 2 heterocycles. The predicted octanol–water partition coefficient (Wildman–Crippen LogP) is 2.47. The van der Waals surface area contributed by atoms with Crippen LogP contribution in [0, 0.1) is 0 Å². The van der Waals surface area contributed by atoms with Crippen LogP contribution in [0.1, 0.15) is 34.3 Å². The van der Waals surface area contributed by atoms with Gasteiger partial charge >= 0.3 is 5.97 Å². The number of anilines is 1. The zero-order valence-electron chi connectivity index (χ0n) is 14.8. The molecule has 1 N–H and O–H groups in total. The van der Waals surface area contributed by atoms with E-state index in [1.807, 2.05) is 24.3 Å². The number of carbonyl (C=O) groups excluding carboxylic acids is 2. The lowest BCUT2D eigenvalue weighted by atomic mass is 9.93. The van der Waals surface area contributed by atoms with Gasteiger partial charge in [-0.3, -0.25) is 9.59 Å². The molecule has 2 aromatic carbocycles. The van der Waals surface area contributed by atoms with Gasteiger partial charge in [0.2, 0.25) is 5.91 Å². The van der Waals surface area contributed by atoms with Gasteiger partial charge in [0.15, 0.2) is 0 Å². The number of carboxylic acids is 1. The maximum atomic E-state index is 13.0. The van der Waals surface area contributed by atoms with Crippen LogP contribution in [0.25, 0.3) is 0 Å². The number of aliphatic carboxylic acids is 1. The summed E-state index contributed by atoms with van der Waals surface area (Å²) in [6, 6.07) is 13.6. The molecule has 6 nitrogen and oxygen atoms in total. The number of fused-ring (bicyclic) bond motifs is 1. The maximum Gasteiger partial charge on any atom is 0.326 e. The summed E-state index contributed by atoms with van der Waals surface area (Å²) in [5.74, 6) is -1.22. The molecule has 2 amide bonds. The zero-order chi connectivity index (χ0) is 19.0. The van der Waals surface area contributed by atoms with Gasteiger partial charge in [0.05, 0.1) is 0 Å². The Balaban J connectivity index is 1.59. The molecule has 0 spiro atoms. The summed E-state index contributed by atoms with van der Waals surface area (Å²) >= 11 is 0. The molecule has 138 valence electrons. The Bertz CT molecular complexity index is 907. The monoisotopic (exact) mass is 364 g/mol. The molecule has 0 bridgehead atoms. The fraction of sp³-hybridized carbons (Fsp3) is 0.286. The van der Waals surface area contributed by atoms with E-state index < -0.39 is 12.0 Å². The molecule has 1 fully saturated rings. The van der Waals surface area contributed by atoms with Gasteiger partial charge in [-0.1, -0.05) is 24.3 Å². The summed E-state index contributed by atoms with van der Waals surface area (Å²) in [6.07, 6.45) is 1.69. The minimum absolute atomic E-state index is 0.0904. The maximum absolute atomic E-state index is 13.0. The average molecular weight is 364 g/mol. The quantitative estimate of drug-likeness (QED) is 0.908. The van der Waals surface area contributed by atoms with Gasteiger partial charge in [-0.2, -0.15) is 0 Å². The first-order valence-electron chi connectivity index (χ1n) is 9.05. The van der Waals surface area contributed by atoms with E-state index in [9.17, 15) is 19.5 Å². The van der Waals surface area contributed by atoms with Crippen molar-refractivity contribution in [3.05, 3.63) is 65.2 Å². The molecule has 0 saturated carbocycles. The molecule has 0 aromatic heterocycles. The van der Waals surface area contributed by atoms with Crippen molar-refractivity contribution in [2.24, 2.45) is 0 Å². The number of carboxylic acid groups (broad SMARTS) is 1. The predicted molar refractivity (Wildman–Crippen MR) is 99.5 cm³/mol. The highest BCUT2D eigenvalue weighted by atomic mass is 16.4. The fourth-order valence-corrected chi connectivity index (χ4v) is 3.83. The van der Waals surface area contributed by atoms with Gasteiger partial charge < -0.3 is 14.9 Å². The lowest BCUT2D eigenvalue weighted by Crippen LogP contribution is -2.48. The van der Waals surface area contributed by atoms with Crippen LogP contribution < -0.4 is 4.90 Å². The number of hydrogen-bond donors (Lipinski definition) is 1. The Morgan fingerprint density at radius 1 is 1.00 bits per heavy atom. The van der Waals surface area contributed by atoms with Crippen molar-refractivity contribution >= 4 is 23.5 Å². The molecule has 2 aliphatic rings. The zero-order valence-corrected chi connectivity index (χ0v) is 14.8. The second kappa shape index (κ2) is 6.87. The average Bonchev–Trinajstić information content (AvgIpc) is 3.12. The van der Waals surface area contributed by atoms with Gasteiger partial charge in [-0.15, -0.1) is 0 Å². The molecule has 0 radical (unpaired) electrons. The highest BCUT2D eigenvalue weighted by Gasteiger charge is 2.35. The van der Waals surface area contributed by atoms with E-state index in [2.05, 4.69) is 0 Å². The number of benzene rings is 2. The van der Waals surface area contributed by atoms with E-state index >= 15 is 0 Å². The number of rotatable bonds is 3. The van der Waals surface area contributed by atoms with Gasteiger partial charge in [0.1, 0.15) is 6.04 Å². The molecule has 0 aliphatic carbocycles. The van der Waals surface area contributed by atoms with E-state index in [0.717, 1.165) is 23.2 Å². The van der Waals surface area contributed by atoms with E-state index in [4.69, 9.17) is 0 Å². The third-order valence-corrected chi connectivity index (χ3v) is 5.29. The summed E-state index contributed by atoms with van der Waals surface area (Å²) in [5.41, 5.74) is 3.14. The Hall–Kier alpha value is -3.15. The Labute approximate surface area is 157 Å². The lowest BCUT2D eigenvalue weighted by molar-refractivity contribution is -0.142. The smallest absolute Gasteiger partial charge is 0.326 e. The molecule has 1 unspecified atom stereocenters. The van der Waals surface area contributed by atoms with Crippen LogP contribution in [0.15, 0.2) is 48.5 Å². The van der Waals surface area contributed by atoms with E-state index in [-0.39, 0.29) is 18.4 Å². The molecule has 4 rings (SSSR count). The van der Waals surface area contributed by atoms with Crippen LogP contribution in [-0.4, -0.2) is 40.4 Å². The third kappa shape index (κ3) is 3.18. The van der Waals surface area contributed by atoms with Crippen molar-refractivity contribution in [1.82, 2.24) is 4.90 Å². The molecule has 1 saturated heterocycles. The van der Waals surface area contributed by atoms with Crippen molar-refractivity contribution < 1.29 is 19.5 Å². The fourth-order valence-electron chi connectivity index (χ4n) is 3.83. The van der Waals surface area contributed by atoms with Crippen LogP contribution in [0.5, 0.6) is 0 Å². The van der Waals surface area contributed by atoms with Gasteiger partial charge in [0, 0.05) is 37.2 Å². The molecule has 2 aromatic rings. The SMILES string of the molecule is O=C(O)C1Cc2ccccc2CN1C(=O)c1ccc(N2CCCC2=O)cc1. The molecular formula is C21H20N2O4. The Kier molecular flexibility index (Phi) is 4.39. The summed E-state index contributed by atoms with van der Waals surface area (Å²) < 4.78 is 0. The van der Waals surface area contributed by atoms with Crippen LogP contribution in [0.3, 0.4) is 0 Å².